The monoisotopic (exact) mass is 270 g/mol. The second kappa shape index (κ2) is 4.47. The van der Waals surface area contributed by atoms with Crippen LogP contribution in [0.25, 0.3) is 10.9 Å². The van der Waals surface area contributed by atoms with Crippen molar-refractivity contribution in [2.45, 2.75) is 32.2 Å². The Hall–Kier alpha value is -2.10. The highest BCUT2D eigenvalue weighted by Crippen LogP contribution is 2.39. The van der Waals surface area contributed by atoms with E-state index in [0.717, 1.165) is 36.0 Å². The Kier molecular flexibility index (Phi) is 2.89. The van der Waals surface area contributed by atoms with Gasteiger partial charge in [-0.1, -0.05) is 18.2 Å². The largest absolute Gasteiger partial charge is 0.478 e. The molecule has 0 amide bonds. The molecule has 2 aromatic rings. The third-order valence-electron chi connectivity index (χ3n) is 4.15. The summed E-state index contributed by atoms with van der Waals surface area (Å²) in [6.45, 7) is 5.23. The van der Waals surface area contributed by atoms with Crippen molar-refractivity contribution in [3.8, 4) is 0 Å². The second-order valence-corrected chi connectivity index (χ2v) is 5.91. The van der Waals surface area contributed by atoms with Crippen LogP contribution in [0.1, 0.15) is 37.0 Å². The molecule has 1 aliphatic heterocycles. The molecule has 1 aromatic carbocycles. The topological polar surface area (TPSA) is 53.4 Å². The van der Waals surface area contributed by atoms with Crippen LogP contribution in [0.2, 0.25) is 0 Å². The molecule has 2 heterocycles. The zero-order valence-corrected chi connectivity index (χ0v) is 11.8. The Bertz CT molecular complexity index is 679. The van der Waals surface area contributed by atoms with Crippen LogP contribution in [-0.2, 0) is 0 Å². The van der Waals surface area contributed by atoms with Crippen LogP contribution in [0.5, 0.6) is 0 Å². The highest BCUT2D eigenvalue weighted by molar-refractivity contribution is 6.04. The number of pyridine rings is 1. The molecule has 1 N–H and O–H groups in total. The zero-order valence-electron chi connectivity index (χ0n) is 11.8. The maximum Gasteiger partial charge on any atom is 0.339 e. The minimum absolute atomic E-state index is 0.0195. The summed E-state index contributed by atoms with van der Waals surface area (Å²) in [4.78, 5) is 18.1. The molecule has 20 heavy (non-hydrogen) atoms. The lowest BCUT2D eigenvalue weighted by atomic mass is 9.99. The molecule has 0 spiro atoms. The van der Waals surface area contributed by atoms with E-state index in [1.807, 2.05) is 24.3 Å². The van der Waals surface area contributed by atoms with Crippen molar-refractivity contribution in [2.75, 3.05) is 11.4 Å². The number of nitrogens with zero attached hydrogens (tertiary/aromatic N) is 2. The number of fused-ring (bicyclic) bond motifs is 1. The lowest BCUT2D eigenvalue weighted by molar-refractivity contribution is 0.0697. The maximum atomic E-state index is 11.6. The number of aromatic nitrogens is 1. The van der Waals surface area contributed by atoms with Gasteiger partial charge in [0.2, 0.25) is 0 Å². The van der Waals surface area contributed by atoms with Crippen molar-refractivity contribution in [2.24, 2.45) is 0 Å². The fourth-order valence-corrected chi connectivity index (χ4v) is 3.10. The van der Waals surface area contributed by atoms with Crippen molar-refractivity contribution in [1.82, 2.24) is 4.98 Å². The number of carboxylic acids is 1. The number of rotatable bonds is 2. The Balaban J connectivity index is 2.30. The summed E-state index contributed by atoms with van der Waals surface area (Å²) >= 11 is 0. The smallest absolute Gasteiger partial charge is 0.339 e. The fraction of sp³-hybridized carbons (Fsp3) is 0.375. The van der Waals surface area contributed by atoms with E-state index in [0.29, 0.717) is 5.56 Å². The lowest BCUT2D eigenvalue weighted by Crippen LogP contribution is -2.39. The van der Waals surface area contributed by atoms with Gasteiger partial charge in [0.25, 0.3) is 0 Å². The van der Waals surface area contributed by atoms with E-state index >= 15 is 0 Å². The van der Waals surface area contributed by atoms with Gasteiger partial charge in [0.05, 0.1) is 11.2 Å². The molecule has 1 saturated heterocycles. The van der Waals surface area contributed by atoms with Crippen LogP contribution in [0.15, 0.2) is 30.5 Å². The van der Waals surface area contributed by atoms with Gasteiger partial charge in [0.15, 0.2) is 0 Å². The summed E-state index contributed by atoms with van der Waals surface area (Å²) in [6, 6.07) is 7.74. The van der Waals surface area contributed by atoms with Crippen LogP contribution in [0.4, 0.5) is 5.69 Å². The Morgan fingerprint density at radius 2 is 2.10 bits per heavy atom. The van der Waals surface area contributed by atoms with Gasteiger partial charge in [-0.05, 0) is 32.8 Å². The summed E-state index contributed by atoms with van der Waals surface area (Å²) in [5, 5.41) is 10.4. The number of aromatic carboxylic acids is 1. The molecule has 0 radical (unpaired) electrons. The molecular formula is C16H18N2O2. The van der Waals surface area contributed by atoms with E-state index < -0.39 is 5.97 Å². The minimum Gasteiger partial charge on any atom is -0.478 e. The molecule has 3 rings (SSSR count). The van der Waals surface area contributed by atoms with Crippen LogP contribution in [0, 0.1) is 0 Å². The van der Waals surface area contributed by atoms with Crippen LogP contribution in [0.3, 0.4) is 0 Å². The predicted octanol–water partition coefficient (Wildman–Crippen LogP) is 3.31. The van der Waals surface area contributed by atoms with Crippen LogP contribution >= 0.6 is 0 Å². The molecule has 0 bridgehead atoms. The van der Waals surface area contributed by atoms with E-state index in [4.69, 9.17) is 0 Å². The van der Waals surface area contributed by atoms with Gasteiger partial charge in [-0.3, -0.25) is 4.98 Å². The second-order valence-electron chi connectivity index (χ2n) is 5.91. The van der Waals surface area contributed by atoms with Gasteiger partial charge in [0, 0.05) is 23.7 Å². The first-order valence-electron chi connectivity index (χ1n) is 6.89. The molecule has 0 aliphatic carbocycles. The summed E-state index contributed by atoms with van der Waals surface area (Å²) in [5.41, 5.74) is 1.92. The third kappa shape index (κ3) is 1.92. The summed E-state index contributed by atoms with van der Waals surface area (Å²) < 4.78 is 0. The molecule has 1 aliphatic rings. The first-order valence-corrected chi connectivity index (χ1v) is 6.89. The third-order valence-corrected chi connectivity index (χ3v) is 4.15. The fourth-order valence-electron chi connectivity index (χ4n) is 3.10. The molecule has 0 unspecified atom stereocenters. The van der Waals surface area contributed by atoms with Crippen LogP contribution < -0.4 is 4.90 Å². The Morgan fingerprint density at radius 1 is 1.35 bits per heavy atom. The number of anilines is 1. The number of carbonyl (C=O) groups is 1. The van der Waals surface area contributed by atoms with Gasteiger partial charge >= 0.3 is 5.97 Å². The zero-order chi connectivity index (χ0) is 14.3. The molecule has 1 fully saturated rings. The molecule has 0 atom stereocenters. The summed E-state index contributed by atoms with van der Waals surface area (Å²) in [7, 11) is 0. The first-order chi connectivity index (χ1) is 9.50. The van der Waals surface area contributed by atoms with Crippen molar-refractivity contribution in [3.63, 3.8) is 0 Å². The van der Waals surface area contributed by atoms with Crippen molar-refractivity contribution < 1.29 is 9.90 Å². The summed E-state index contributed by atoms with van der Waals surface area (Å²) in [6.07, 6.45) is 3.64. The summed E-state index contributed by atoms with van der Waals surface area (Å²) in [5.74, 6) is -0.916. The Labute approximate surface area is 118 Å². The number of carboxylic acid groups (broad SMARTS) is 1. The lowest BCUT2D eigenvalue weighted by Gasteiger charge is -2.35. The van der Waals surface area contributed by atoms with E-state index in [1.165, 1.54) is 6.20 Å². The van der Waals surface area contributed by atoms with Crippen molar-refractivity contribution in [3.05, 3.63) is 36.0 Å². The minimum atomic E-state index is -0.916. The highest BCUT2D eigenvalue weighted by atomic mass is 16.4. The first kappa shape index (κ1) is 12.9. The van der Waals surface area contributed by atoms with Gasteiger partial charge in [-0.2, -0.15) is 0 Å². The molecule has 1 aromatic heterocycles. The number of benzene rings is 1. The van der Waals surface area contributed by atoms with Gasteiger partial charge in [-0.15, -0.1) is 0 Å². The SMILES string of the molecule is CC1(C)CCCN1c1c(C(=O)O)cnc2ccccc12. The quantitative estimate of drug-likeness (QED) is 0.909. The van der Waals surface area contributed by atoms with Gasteiger partial charge in [0.1, 0.15) is 5.56 Å². The van der Waals surface area contributed by atoms with Crippen LogP contribution in [-0.4, -0.2) is 28.1 Å². The van der Waals surface area contributed by atoms with E-state index in [2.05, 4.69) is 23.7 Å². The highest BCUT2D eigenvalue weighted by Gasteiger charge is 2.35. The van der Waals surface area contributed by atoms with E-state index in [9.17, 15) is 9.90 Å². The predicted molar refractivity (Wildman–Crippen MR) is 79.4 cm³/mol. The molecule has 104 valence electrons. The van der Waals surface area contributed by atoms with Gasteiger partial charge < -0.3 is 10.0 Å². The van der Waals surface area contributed by atoms with Crippen molar-refractivity contribution >= 4 is 22.6 Å². The Morgan fingerprint density at radius 3 is 2.75 bits per heavy atom. The molecule has 4 nitrogen and oxygen atoms in total. The number of hydrogen-bond acceptors (Lipinski definition) is 3. The molecular weight excluding hydrogens is 252 g/mol. The standard InChI is InChI=1S/C16H18N2O2/c1-16(2)8-5-9-18(16)14-11-6-3-4-7-13(11)17-10-12(14)15(19)20/h3-4,6-7,10H,5,8-9H2,1-2H3,(H,19,20). The maximum absolute atomic E-state index is 11.6. The van der Waals surface area contributed by atoms with Crippen molar-refractivity contribution in [1.29, 1.82) is 0 Å². The van der Waals surface area contributed by atoms with Gasteiger partial charge in [-0.25, -0.2) is 4.79 Å². The number of para-hydroxylation sites is 1. The normalized spacial score (nSPS) is 17.6. The molecule has 4 heteroatoms. The number of hydrogen-bond donors (Lipinski definition) is 1. The molecule has 0 saturated carbocycles. The van der Waals surface area contributed by atoms with E-state index in [-0.39, 0.29) is 5.54 Å². The average molecular weight is 270 g/mol. The van der Waals surface area contributed by atoms with E-state index in [1.54, 1.807) is 0 Å². The average Bonchev–Trinajstić information content (AvgIpc) is 2.76.